The van der Waals surface area contributed by atoms with Gasteiger partial charge in [-0.25, -0.2) is 0 Å². The highest BCUT2D eigenvalue weighted by Gasteiger charge is 2.04. The molecule has 0 spiro atoms. The van der Waals surface area contributed by atoms with Gasteiger partial charge in [-0.3, -0.25) is 14.8 Å². The number of aliphatic imine (C=N–C) groups is 1. The normalized spacial score (nSPS) is 11.8. The van der Waals surface area contributed by atoms with E-state index in [2.05, 4.69) is 9.98 Å². The fraction of sp³-hybridized carbons (Fsp3) is 0.312. The van der Waals surface area contributed by atoms with E-state index in [-0.39, 0.29) is 5.78 Å². The molecule has 0 saturated carbocycles. The van der Waals surface area contributed by atoms with Crippen LogP contribution >= 0.6 is 0 Å². The number of nitrogens with zero attached hydrogens (tertiary/aromatic N) is 2. The molecular weight excluding hydrogens is 236 g/mol. The molecule has 0 bridgehead atoms. The predicted molar refractivity (Wildman–Crippen MR) is 79.0 cm³/mol. The Labute approximate surface area is 113 Å². The molecule has 0 aliphatic heterocycles. The smallest absolute Gasteiger partial charge is 0.138 e. The van der Waals surface area contributed by atoms with E-state index in [1.807, 2.05) is 44.2 Å². The summed E-state index contributed by atoms with van der Waals surface area (Å²) in [5, 5.41) is 1.07. The third-order valence-corrected chi connectivity index (χ3v) is 3.07. The maximum Gasteiger partial charge on any atom is 0.138 e. The van der Waals surface area contributed by atoms with E-state index in [9.17, 15) is 4.79 Å². The summed E-state index contributed by atoms with van der Waals surface area (Å²) >= 11 is 0. The van der Waals surface area contributed by atoms with E-state index in [1.54, 1.807) is 6.20 Å². The van der Waals surface area contributed by atoms with E-state index in [0.29, 0.717) is 12.8 Å². The monoisotopic (exact) mass is 254 g/mol. The topological polar surface area (TPSA) is 42.3 Å². The molecule has 1 aromatic carbocycles. The van der Waals surface area contributed by atoms with E-state index in [0.717, 1.165) is 28.7 Å². The van der Waals surface area contributed by atoms with Crippen LogP contribution in [0, 0.1) is 0 Å². The Morgan fingerprint density at radius 3 is 2.74 bits per heavy atom. The molecule has 0 unspecified atom stereocenters. The van der Waals surface area contributed by atoms with Crippen LogP contribution in [-0.4, -0.2) is 16.5 Å². The van der Waals surface area contributed by atoms with Gasteiger partial charge in [-0.15, -0.1) is 0 Å². The number of aromatic nitrogens is 1. The number of pyridine rings is 1. The zero-order valence-corrected chi connectivity index (χ0v) is 11.4. The molecule has 1 heterocycles. The molecule has 19 heavy (non-hydrogen) atoms. The highest BCUT2D eigenvalue weighted by molar-refractivity contribution is 6.02. The minimum Gasteiger partial charge on any atom is -0.299 e. The van der Waals surface area contributed by atoms with Gasteiger partial charge in [0.05, 0.1) is 17.4 Å². The zero-order chi connectivity index (χ0) is 13.7. The lowest BCUT2D eigenvalue weighted by atomic mass is 10.1. The molecule has 0 atom stereocenters. The summed E-state index contributed by atoms with van der Waals surface area (Å²) in [4.78, 5) is 20.4. The minimum absolute atomic E-state index is 0.231. The number of carbonyl (C=O) groups excluding carboxylic acids is 1. The molecule has 3 heteroatoms. The number of carbonyl (C=O) groups is 1. The Morgan fingerprint density at radius 2 is 2.00 bits per heavy atom. The van der Waals surface area contributed by atoms with Crippen molar-refractivity contribution >= 4 is 28.1 Å². The standard InChI is InChI=1S/C16H18N2O/c1-3-13(10-15(19)4-2)18-14-9-12-7-5-6-8-16(12)17-11-14/h5-9,11H,3-4,10H2,1-2H3. The third kappa shape index (κ3) is 3.47. The van der Waals surface area contributed by atoms with Gasteiger partial charge in [-0.05, 0) is 18.6 Å². The lowest BCUT2D eigenvalue weighted by molar-refractivity contribution is -0.117. The average molecular weight is 254 g/mol. The Balaban J connectivity index is 2.29. The highest BCUT2D eigenvalue weighted by Crippen LogP contribution is 2.19. The van der Waals surface area contributed by atoms with E-state index in [1.165, 1.54) is 0 Å². The average Bonchev–Trinajstić information content (AvgIpc) is 2.46. The largest absolute Gasteiger partial charge is 0.299 e. The number of hydrogen-bond acceptors (Lipinski definition) is 3. The zero-order valence-electron chi connectivity index (χ0n) is 11.4. The molecular formula is C16H18N2O. The summed E-state index contributed by atoms with van der Waals surface area (Å²) in [5.41, 5.74) is 2.70. The number of para-hydroxylation sites is 1. The van der Waals surface area contributed by atoms with Crippen molar-refractivity contribution < 1.29 is 4.79 Å². The number of rotatable bonds is 5. The maximum absolute atomic E-state index is 11.5. The van der Waals surface area contributed by atoms with Crippen molar-refractivity contribution in [1.29, 1.82) is 0 Å². The van der Waals surface area contributed by atoms with Crippen LogP contribution in [0.5, 0.6) is 0 Å². The first-order chi connectivity index (χ1) is 9.22. The number of hydrogen-bond donors (Lipinski definition) is 0. The van der Waals surface area contributed by atoms with Crippen LogP contribution in [-0.2, 0) is 4.79 Å². The van der Waals surface area contributed by atoms with Crippen molar-refractivity contribution in [2.45, 2.75) is 33.1 Å². The van der Waals surface area contributed by atoms with E-state index < -0.39 is 0 Å². The molecule has 0 amide bonds. The Kier molecular flexibility index (Phi) is 4.39. The van der Waals surface area contributed by atoms with Gasteiger partial charge >= 0.3 is 0 Å². The van der Waals surface area contributed by atoms with Crippen LogP contribution < -0.4 is 0 Å². The minimum atomic E-state index is 0.231. The van der Waals surface area contributed by atoms with E-state index >= 15 is 0 Å². The van der Waals surface area contributed by atoms with Crippen LogP contribution in [0.4, 0.5) is 5.69 Å². The molecule has 0 radical (unpaired) electrons. The Bertz CT molecular complexity index is 617. The second-order valence-corrected chi connectivity index (χ2v) is 4.49. The van der Waals surface area contributed by atoms with Gasteiger partial charge in [0.15, 0.2) is 0 Å². The lowest BCUT2D eigenvalue weighted by Crippen LogP contribution is -2.05. The Hall–Kier alpha value is -2.03. The maximum atomic E-state index is 11.5. The van der Waals surface area contributed by atoms with Gasteiger partial charge in [0, 0.05) is 23.9 Å². The van der Waals surface area contributed by atoms with Crippen molar-refractivity contribution in [3.63, 3.8) is 0 Å². The summed E-state index contributed by atoms with van der Waals surface area (Å²) in [6.45, 7) is 3.91. The fourth-order valence-corrected chi connectivity index (χ4v) is 1.90. The summed E-state index contributed by atoms with van der Waals surface area (Å²) in [6, 6.07) is 9.96. The first kappa shape index (κ1) is 13.4. The first-order valence-corrected chi connectivity index (χ1v) is 6.65. The van der Waals surface area contributed by atoms with Crippen molar-refractivity contribution in [2.24, 2.45) is 4.99 Å². The molecule has 1 aromatic heterocycles. The molecule has 0 N–H and O–H groups in total. The van der Waals surface area contributed by atoms with Crippen molar-refractivity contribution in [3.05, 3.63) is 36.5 Å². The van der Waals surface area contributed by atoms with Gasteiger partial charge < -0.3 is 0 Å². The second kappa shape index (κ2) is 6.23. The number of Topliss-reactive ketones (excluding diaryl/α,β-unsaturated/α-hetero) is 1. The van der Waals surface area contributed by atoms with Gasteiger partial charge in [0.2, 0.25) is 0 Å². The number of fused-ring (bicyclic) bond motifs is 1. The van der Waals surface area contributed by atoms with Crippen LogP contribution in [0.15, 0.2) is 41.5 Å². The summed E-state index contributed by atoms with van der Waals surface area (Å²) < 4.78 is 0. The lowest BCUT2D eigenvalue weighted by Gasteiger charge is -2.03. The number of benzene rings is 1. The third-order valence-electron chi connectivity index (χ3n) is 3.07. The second-order valence-electron chi connectivity index (χ2n) is 4.49. The Morgan fingerprint density at radius 1 is 1.21 bits per heavy atom. The molecule has 0 aliphatic carbocycles. The highest BCUT2D eigenvalue weighted by atomic mass is 16.1. The summed E-state index contributed by atoms with van der Waals surface area (Å²) in [5.74, 6) is 0.231. The van der Waals surface area contributed by atoms with Crippen molar-refractivity contribution in [1.82, 2.24) is 4.98 Å². The van der Waals surface area contributed by atoms with Gasteiger partial charge in [-0.2, -0.15) is 0 Å². The van der Waals surface area contributed by atoms with Gasteiger partial charge in [-0.1, -0.05) is 32.0 Å². The predicted octanol–water partition coefficient (Wildman–Crippen LogP) is 4.09. The van der Waals surface area contributed by atoms with Gasteiger partial charge in [0.25, 0.3) is 0 Å². The van der Waals surface area contributed by atoms with Crippen molar-refractivity contribution in [3.8, 4) is 0 Å². The van der Waals surface area contributed by atoms with E-state index in [4.69, 9.17) is 0 Å². The molecule has 0 fully saturated rings. The molecule has 98 valence electrons. The summed E-state index contributed by atoms with van der Waals surface area (Å²) in [6.07, 6.45) is 3.56. The molecule has 2 rings (SSSR count). The molecule has 0 saturated heterocycles. The fourth-order valence-electron chi connectivity index (χ4n) is 1.90. The number of ketones is 1. The van der Waals surface area contributed by atoms with Crippen LogP contribution in [0.1, 0.15) is 33.1 Å². The quantitative estimate of drug-likeness (QED) is 0.754. The first-order valence-electron chi connectivity index (χ1n) is 6.65. The van der Waals surface area contributed by atoms with Gasteiger partial charge in [0.1, 0.15) is 5.78 Å². The molecule has 2 aromatic rings. The van der Waals surface area contributed by atoms with Crippen molar-refractivity contribution in [2.75, 3.05) is 0 Å². The SMILES string of the molecule is CCC(=O)CC(CC)=Nc1cnc2ccccc2c1. The van der Waals surface area contributed by atoms with Crippen LogP contribution in [0.25, 0.3) is 10.9 Å². The van der Waals surface area contributed by atoms with Crippen LogP contribution in [0.3, 0.4) is 0 Å². The summed E-state index contributed by atoms with van der Waals surface area (Å²) in [7, 11) is 0. The molecule has 0 aliphatic rings. The van der Waals surface area contributed by atoms with Crippen LogP contribution in [0.2, 0.25) is 0 Å². The molecule has 3 nitrogen and oxygen atoms in total.